The first kappa shape index (κ1) is 16.0. The molecule has 0 spiro atoms. The molecule has 1 aromatic rings. The summed E-state index contributed by atoms with van der Waals surface area (Å²) in [4.78, 5) is 28.9. The molecule has 0 aliphatic carbocycles. The Kier molecular flexibility index (Phi) is 5.76. The number of thiophene rings is 1. The number of carbonyl (C=O) groups excluding carboxylic acids is 2. The fourth-order valence-corrected chi connectivity index (χ4v) is 3.38. The number of likely N-dealkylation sites (tertiary alicyclic amines) is 1. The van der Waals surface area contributed by atoms with E-state index in [0.717, 1.165) is 32.5 Å². The Morgan fingerprint density at radius 3 is 2.95 bits per heavy atom. The minimum Gasteiger partial charge on any atom is -0.369 e. The lowest BCUT2D eigenvalue weighted by Crippen LogP contribution is -2.47. The van der Waals surface area contributed by atoms with Gasteiger partial charge in [-0.2, -0.15) is 0 Å². The molecule has 1 unspecified atom stereocenters. The molecule has 116 valence electrons. The van der Waals surface area contributed by atoms with Gasteiger partial charge in [0, 0.05) is 24.5 Å². The van der Waals surface area contributed by atoms with Crippen LogP contribution in [-0.4, -0.2) is 47.8 Å². The predicted octanol–water partition coefficient (Wildman–Crippen LogP) is 1.29. The third-order valence-electron chi connectivity index (χ3n) is 3.94. The van der Waals surface area contributed by atoms with Crippen LogP contribution in [0.15, 0.2) is 17.5 Å². The molecule has 2 heterocycles. The Hall–Kier alpha value is -1.40. The lowest BCUT2D eigenvalue weighted by Gasteiger charge is -2.32. The maximum atomic E-state index is 12.4. The van der Waals surface area contributed by atoms with Crippen molar-refractivity contribution in [3.05, 3.63) is 22.4 Å². The molecule has 1 fully saturated rings. The van der Waals surface area contributed by atoms with Gasteiger partial charge >= 0.3 is 0 Å². The van der Waals surface area contributed by atoms with Gasteiger partial charge < -0.3 is 10.6 Å². The number of rotatable bonds is 6. The molecule has 1 aliphatic rings. The van der Waals surface area contributed by atoms with Crippen LogP contribution in [0, 0.1) is 5.92 Å². The van der Waals surface area contributed by atoms with E-state index in [1.165, 1.54) is 4.88 Å². The molecule has 5 nitrogen and oxygen atoms in total. The van der Waals surface area contributed by atoms with E-state index in [1.54, 1.807) is 16.2 Å². The van der Waals surface area contributed by atoms with Crippen molar-refractivity contribution < 1.29 is 9.59 Å². The topological polar surface area (TPSA) is 66.6 Å². The van der Waals surface area contributed by atoms with Crippen molar-refractivity contribution in [1.29, 1.82) is 0 Å². The van der Waals surface area contributed by atoms with Gasteiger partial charge in [0.15, 0.2) is 0 Å². The van der Waals surface area contributed by atoms with Gasteiger partial charge in [0.2, 0.25) is 11.8 Å². The highest BCUT2D eigenvalue weighted by atomic mass is 32.1. The average Bonchev–Trinajstić information content (AvgIpc) is 2.99. The number of hydrogen-bond donors (Lipinski definition) is 1. The minimum atomic E-state index is -0.293. The van der Waals surface area contributed by atoms with E-state index in [-0.39, 0.29) is 17.7 Å². The van der Waals surface area contributed by atoms with Crippen LogP contribution >= 0.6 is 11.3 Å². The van der Waals surface area contributed by atoms with Crippen molar-refractivity contribution in [3.8, 4) is 0 Å². The summed E-state index contributed by atoms with van der Waals surface area (Å²) in [6.45, 7) is 5.30. The number of piperidine rings is 1. The molecular weight excluding hydrogens is 286 g/mol. The molecule has 0 radical (unpaired) electrons. The van der Waals surface area contributed by atoms with E-state index in [1.807, 2.05) is 11.4 Å². The molecule has 1 atom stereocenters. The van der Waals surface area contributed by atoms with Crippen molar-refractivity contribution in [1.82, 2.24) is 9.80 Å². The van der Waals surface area contributed by atoms with Crippen LogP contribution in [0.4, 0.5) is 0 Å². The minimum absolute atomic E-state index is 0.0966. The Morgan fingerprint density at radius 1 is 1.52 bits per heavy atom. The zero-order chi connectivity index (χ0) is 15.2. The lowest BCUT2D eigenvalue weighted by molar-refractivity contribution is -0.136. The molecule has 2 rings (SSSR count). The largest absolute Gasteiger partial charge is 0.369 e. The Labute approximate surface area is 129 Å². The van der Waals surface area contributed by atoms with Gasteiger partial charge in [-0.1, -0.05) is 13.0 Å². The van der Waals surface area contributed by atoms with Gasteiger partial charge in [0.1, 0.15) is 0 Å². The summed E-state index contributed by atoms with van der Waals surface area (Å²) in [7, 11) is 0. The summed E-state index contributed by atoms with van der Waals surface area (Å²) in [5.74, 6) is -0.382. The second kappa shape index (κ2) is 7.56. The van der Waals surface area contributed by atoms with Crippen LogP contribution in [0.25, 0.3) is 0 Å². The molecule has 0 saturated carbocycles. The first-order valence-corrected chi connectivity index (χ1v) is 8.30. The molecule has 0 aromatic carbocycles. The average molecular weight is 309 g/mol. The van der Waals surface area contributed by atoms with Gasteiger partial charge in [0.25, 0.3) is 0 Å². The number of nitrogens with zero attached hydrogens (tertiary/aromatic N) is 2. The first-order valence-electron chi connectivity index (χ1n) is 7.42. The van der Waals surface area contributed by atoms with E-state index in [0.29, 0.717) is 13.1 Å². The van der Waals surface area contributed by atoms with Crippen molar-refractivity contribution in [3.63, 3.8) is 0 Å². The van der Waals surface area contributed by atoms with Crippen LogP contribution in [0.2, 0.25) is 0 Å². The van der Waals surface area contributed by atoms with E-state index in [2.05, 4.69) is 17.9 Å². The fourth-order valence-electron chi connectivity index (χ4n) is 2.63. The third kappa shape index (κ3) is 4.54. The molecule has 1 aromatic heterocycles. The zero-order valence-electron chi connectivity index (χ0n) is 12.5. The summed E-state index contributed by atoms with van der Waals surface area (Å²) >= 11 is 1.71. The lowest BCUT2D eigenvalue weighted by atomic mass is 9.97. The molecule has 1 saturated heterocycles. The number of likely N-dealkylation sites (N-methyl/N-ethyl adjacent to an activating group) is 1. The second-order valence-electron chi connectivity index (χ2n) is 5.46. The number of hydrogen-bond acceptors (Lipinski definition) is 4. The highest BCUT2D eigenvalue weighted by Gasteiger charge is 2.27. The summed E-state index contributed by atoms with van der Waals surface area (Å²) < 4.78 is 0. The van der Waals surface area contributed by atoms with E-state index in [9.17, 15) is 9.59 Å². The molecule has 2 amide bonds. The maximum absolute atomic E-state index is 12.4. The van der Waals surface area contributed by atoms with Gasteiger partial charge in [-0.15, -0.1) is 11.3 Å². The molecule has 2 N–H and O–H groups in total. The predicted molar refractivity (Wildman–Crippen MR) is 83.8 cm³/mol. The van der Waals surface area contributed by atoms with Gasteiger partial charge in [-0.05, 0) is 30.8 Å². The van der Waals surface area contributed by atoms with Gasteiger partial charge in [-0.3, -0.25) is 14.5 Å². The second-order valence-corrected chi connectivity index (χ2v) is 6.50. The number of nitrogens with two attached hydrogens (primary N) is 1. The normalized spacial score (nSPS) is 19.0. The highest BCUT2D eigenvalue weighted by Crippen LogP contribution is 2.17. The molecule has 1 aliphatic heterocycles. The smallest absolute Gasteiger partial charge is 0.236 e. The van der Waals surface area contributed by atoms with Crippen LogP contribution in [-0.2, 0) is 16.1 Å². The highest BCUT2D eigenvalue weighted by molar-refractivity contribution is 7.09. The van der Waals surface area contributed by atoms with Gasteiger partial charge in [0.05, 0.1) is 12.5 Å². The van der Waals surface area contributed by atoms with Crippen LogP contribution < -0.4 is 5.73 Å². The summed E-state index contributed by atoms with van der Waals surface area (Å²) in [6.07, 6.45) is 1.65. The van der Waals surface area contributed by atoms with Crippen LogP contribution in [0.3, 0.4) is 0 Å². The Bertz CT molecular complexity index is 475. The van der Waals surface area contributed by atoms with Crippen molar-refractivity contribution in [2.45, 2.75) is 26.3 Å². The third-order valence-corrected chi connectivity index (χ3v) is 4.80. The molecular formula is C15H23N3O2S. The summed E-state index contributed by atoms with van der Waals surface area (Å²) in [5, 5.41) is 2.05. The molecule has 6 heteroatoms. The standard InChI is InChI=1S/C15H23N3O2S/c1-2-17(10-13-6-4-8-21-13)11-14(19)18-7-3-5-12(9-18)15(16)20/h4,6,8,12H,2-3,5,7,9-11H2,1H3,(H2,16,20). The van der Waals surface area contributed by atoms with Gasteiger partial charge in [-0.25, -0.2) is 0 Å². The van der Waals surface area contributed by atoms with Crippen molar-refractivity contribution in [2.24, 2.45) is 11.7 Å². The monoisotopic (exact) mass is 309 g/mol. The zero-order valence-corrected chi connectivity index (χ0v) is 13.3. The quantitative estimate of drug-likeness (QED) is 0.861. The summed E-state index contributed by atoms with van der Waals surface area (Å²) in [5.41, 5.74) is 5.36. The Morgan fingerprint density at radius 2 is 2.33 bits per heavy atom. The van der Waals surface area contributed by atoms with E-state index in [4.69, 9.17) is 5.73 Å². The number of carbonyl (C=O) groups is 2. The number of amides is 2. The van der Waals surface area contributed by atoms with E-state index < -0.39 is 0 Å². The number of primary amides is 1. The Balaban J connectivity index is 1.88. The first-order chi connectivity index (χ1) is 10.1. The summed E-state index contributed by atoms with van der Waals surface area (Å²) in [6, 6.07) is 4.11. The van der Waals surface area contributed by atoms with Crippen LogP contribution in [0.5, 0.6) is 0 Å². The SMILES string of the molecule is CCN(CC(=O)N1CCCC(C(N)=O)C1)Cc1cccs1. The molecule has 0 bridgehead atoms. The van der Waals surface area contributed by atoms with Crippen molar-refractivity contribution >= 4 is 23.2 Å². The van der Waals surface area contributed by atoms with E-state index >= 15 is 0 Å². The van der Waals surface area contributed by atoms with Crippen molar-refractivity contribution in [2.75, 3.05) is 26.2 Å². The maximum Gasteiger partial charge on any atom is 0.236 e. The fraction of sp³-hybridized carbons (Fsp3) is 0.600. The van der Waals surface area contributed by atoms with Crippen LogP contribution in [0.1, 0.15) is 24.6 Å². The molecule has 21 heavy (non-hydrogen) atoms.